The van der Waals surface area contributed by atoms with Gasteiger partial charge in [0.05, 0.1) is 23.3 Å². The molecule has 0 radical (unpaired) electrons. The molecule has 3 rings (SSSR count). The summed E-state index contributed by atoms with van der Waals surface area (Å²) in [6.45, 7) is 3.29. The number of hydrogen-bond acceptors (Lipinski definition) is 5. The van der Waals surface area contributed by atoms with E-state index in [-0.39, 0.29) is 12.1 Å². The van der Waals surface area contributed by atoms with Crippen LogP contribution in [0, 0.1) is 0 Å². The van der Waals surface area contributed by atoms with Crippen LogP contribution in [-0.2, 0) is 13.0 Å². The highest BCUT2D eigenvalue weighted by Crippen LogP contribution is 2.28. The Kier molecular flexibility index (Phi) is 4.67. The summed E-state index contributed by atoms with van der Waals surface area (Å²) in [6, 6.07) is -0.0787. The SMILES string of the molecule is CCc1nc(CNC(=O)N2CCCCC2c2ncn[nH]2)cs1. The van der Waals surface area contributed by atoms with E-state index in [1.165, 1.54) is 6.33 Å². The van der Waals surface area contributed by atoms with Crippen molar-refractivity contribution in [2.45, 2.75) is 45.2 Å². The number of piperidine rings is 1. The van der Waals surface area contributed by atoms with E-state index in [1.54, 1.807) is 11.3 Å². The number of aromatic amines is 1. The van der Waals surface area contributed by atoms with Crippen molar-refractivity contribution < 1.29 is 4.79 Å². The fourth-order valence-corrected chi connectivity index (χ4v) is 3.44. The largest absolute Gasteiger partial charge is 0.332 e. The van der Waals surface area contributed by atoms with Crippen molar-refractivity contribution in [3.8, 4) is 0 Å². The molecule has 8 heteroatoms. The van der Waals surface area contributed by atoms with Crippen molar-refractivity contribution in [1.29, 1.82) is 0 Å². The van der Waals surface area contributed by atoms with Crippen LogP contribution >= 0.6 is 11.3 Å². The van der Waals surface area contributed by atoms with Gasteiger partial charge in [-0.1, -0.05) is 6.92 Å². The molecule has 1 unspecified atom stereocenters. The first kappa shape index (κ1) is 15.0. The Morgan fingerprint density at radius 3 is 3.18 bits per heavy atom. The van der Waals surface area contributed by atoms with Gasteiger partial charge >= 0.3 is 6.03 Å². The fourth-order valence-electron chi connectivity index (χ4n) is 2.69. The quantitative estimate of drug-likeness (QED) is 0.904. The van der Waals surface area contributed by atoms with Crippen LogP contribution in [0.15, 0.2) is 11.7 Å². The number of aromatic nitrogens is 4. The number of likely N-dealkylation sites (tertiary alicyclic amines) is 1. The molecule has 1 aliphatic heterocycles. The smallest absolute Gasteiger partial charge is 0.318 e. The highest BCUT2D eigenvalue weighted by Gasteiger charge is 2.29. The predicted molar refractivity (Wildman–Crippen MR) is 83.4 cm³/mol. The number of urea groups is 1. The van der Waals surface area contributed by atoms with Gasteiger partial charge in [-0.15, -0.1) is 11.3 Å². The second kappa shape index (κ2) is 6.87. The third kappa shape index (κ3) is 3.27. The maximum absolute atomic E-state index is 12.5. The minimum Gasteiger partial charge on any atom is -0.332 e. The summed E-state index contributed by atoms with van der Waals surface area (Å²) < 4.78 is 0. The van der Waals surface area contributed by atoms with Crippen LogP contribution < -0.4 is 5.32 Å². The standard InChI is InChI=1S/C14H20N6OS/c1-2-12-18-10(8-22-12)7-15-14(21)20-6-4-3-5-11(20)13-16-9-17-19-13/h8-9,11H,2-7H2,1H3,(H,15,21)(H,16,17,19). The molecular formula is C14H20N6OS. The maximum Gasteiger partial charge on any atom is 0.318 e. The van der Waals surface area contributed by atoms with E-state index in [0.29, 0.717) is 6.54 Å². The predicted octanol–water partition coefficient (Wildman–Crippen LogP) is 2.26. The van der Waals surface area contributed by atoms with Gasteiger partial charge in [0.15, 0.2) is 0 Å². The molecule has 1 saturated heterocycles. The van der Waals surface area contributed by atoms with Crippen molar-refractivity contribution in [2.75, 3.05) is 6.54 Å². The van der Waals surface area contributed by atoms with Crippen molar-refractivity contribution >= 4 is 17.4 Å². The lowest BCUT2D eigenvalue weighted by atomic mass is 10.0. The van der Waals surface area contributed by atoms with E-state index in [9.17, 15) is 4.79 Å². The summed E-state index contributed by atoms with van der Waals surface area (Å²) in [5.41, 5.74) is 0.920. The van der Waals surface area contributed by atoms with Crippen LogP contribution in [0.5, 0.6) is 0 Å². The van der Waals surface area contributed by atoms with Crippen molar-refractivity contribution in [3.63, 3.8) is 0 Å². The molecule has 0 aromatic carbocycles. The second-order valence-electron chi connectivity index (χ2n) is 5.32. The minimum atomic E-state index is -0.0628. The number of carbonyl (C=O) groups is 1. The monoisotopic (exact) mass is 320 g/mol. The van der Waals surface area contributed by atoms with Crippen LogP contribution in [-0.4, -0.2) is 37.6 Å². The van der Waals surface area contributed by atoms with Crippen molar-refractivity contribution in [3.05, 3.63) is 28.2 Å². The van der Waals surface area contributed by atoms with Gasteiger partial charge in [-0.2, -0.15) is 5.10 Å². The molecule has 3 heterocycles. The number of H-pyrrole nitrogens is 1. The zero-order valence-corrected chi connectivity index (χ0v) is 13.4. The Morgan fingerprint density at radius 1 is 1.55 bits per heavy atom. The van der Waals surface area contributed by atoms with E-state index in [2.05, 4.69) is 32.4 Å². The van der Waals surface area contributed by atoms with Gasteiger partial charge in [0.2, 0.25) is 0 Å². The fraction of sp³-hybridized carbons (Fsp3) is 0.571. The minimum absolute atomic E-state index is 0.0158. The number of nitrogens with zero attached hydrogens (tertiary/aromatic N) is 4. The average molecular weight is 320 g/mol. The van der Waals surface area contributed by atoms with E-state index < -0.39 is 0 Å². The zero-order valence-electron chi connectivity index (χ0n) is 12.6. The molecular weight excluding hydrogens is 300 g/mol. The number of amides is 2. The average Bonchev–Trinajstić information content (AvgIpc) is 3.24. The lowest BCUT2D eigenvalue weighted by Crippen LogP contribution is -2.44. The van der Waals surface area contributed by atoms with Crippen molar-refractivity contribution in [1.82, 2.24) is 30.4 Å². The Labute approximate surface area is 133 Å². The normalized spacial score (nSPS) is 18.4. The second-order valence-corrected chi connectivity index (χ2v) is 6.26. The molecule has 2 aromatic rings. The van der Waals surface area contributed by atoms with Gasteiger partial charge in [0.1, 0.15) is 12.2 Å². The van der Waals surface area contributed by atoms with Gasteiger partial charge in [-0.3, -0.25) is 5.10 Å². The molecule has 7 nitrogen and oxygen atoms in total. The number of hydrogen-bond donors (Lipinski definition) is 2. The molecule has 118 valence electrons. The zero-order chi connectivity index (χ0) is 15.4. The number of carbonyl (C=O) groups excluding carboxylic acids is 1. The molecule has 1 fully saturated rings. The third-order valence-corrected chi connectivity index (χ3v) is 4.88. The van der Waals surface area contributed by atoms with Gasteiger partial charge in [0.25, 0.3) is 0 Å². The summed E-state index contributed by atoms with van der Waals surface area (Å²) >= 11 is 1.64. The first-order valence-electron chi connectivity index (χ1n) is 7.61. The Balaban J connectivity index is 1.62. The van der Waals surface area contributed by atoms with E-state index >= 15 is 0 Å². The van der Waals surface area contributed by atoms with Gasteiger partial charge < -0.3 is 10.2 Å². The van der Waals surface area contributed by atoms with Crippen LogP contribution in [0.4, 0.5) is 4.79 Å². The number of aryl methyl sites for hydroxylation is 1. The van der Waals surface area contributed by atoms with E-state index in [1.807, 2.05) is 10.3 Å². The molecule has 0 spiro atoms. The number of thiazole rings is 1. The Bertz CT molecular complexity index is 611. The van der Waals surface area contributed by atoms with E-state index in [0.717, 1.165) is 48.8 Å². The lowest BCUT2D eigenvalue weighted by Gasteiger charge is -2.34. The maximum atomic E-state index is 12.5. The summed E-state index contributed by atoms with van der Waals surface area (Å²) in [5.74, 6) is 0.761. The molecule has 22 heavy (non-hydrogen) atoms. The molecule has 2 N–H and O–H groups in total. The van der Waals surface area contributed by atoms with E-state index in [4.69, 9.17) is 0 Å². The van der Waals surface area contributed by atoms with Crippen molar-refractivity contribution in [2.24, 2.45) is 0 Å². The number of nitrogens with one attached hydrogen (secondary N) is 2. The van der Waals surface area contributed by atoms with Gasteiger partial charge in [-0.25, -0.2) is 14.8 Å². The topological polar surface area (TPSA) is 86.8 Å². The molecule has 2 amide bonds. The molecule has 0 bridgehead atoms. The van der Waals surface area contributed by atoms with Crippen LogP contribution in [0.2, 0.25) is 0 Å². The van der Waals surface area contributed by atoms with Gasteiger partial charge in [-0.05, 0) is 25.7 Å². The summed E-state index contributed by atoms with van der Waals surface area (Å²) in [7, 11) is 0. The summed E-state index contributed by atoms with van der Waals surface area (Å²) in [4.78, 5) is 23.0. The highest BCUT2D eigenvalue weighted by atomic mass is 32.1. The summed E-state index contributed by atoms with van der Waals surface area (Å²) in [5, 5.41) is 12.8. The molecule has 1 atom stereocenters. The van der Waals surface area contributed by atoms with Gasteiger partial charge in [0, 0.05) is 11.9 Å². The molecule has 2 aromatic heterocycles. The lowest BCUT2D eigenvalue weighted by molar-refractivity contribution is 0.147. The third-order valence-electron chi connectivity index (χ3n) is 3.84. The molecule has 0 aliphatic carbocycles. The van der Waals surface area contributed by atoms with Crippen LogP contribution in [0.25, 0.3) is 0 Å². The molecule has 1 aliphatic rings. The molecule has 0 saturated carbocycles. The Hall–Kier alpha value is -1.96. The highest BCUT2D eigenvalue weighted by molar-refractivity contribution is 7.09. The first-order chi connectivity index (χ1) is 10.8. The Morgan fingerprint density at radius 2 is 2.45 bits per heavy atom. The first-order valence-corrected chi connectivity index (χ1v) is 8.49. The number of rotatable bonds is 4. The van der Waals surface area contributed by atoms with Crippen LogP contribution in [0.1, 0.15) is 48.8 Å². The summed E-state index contributed by atoms with van der Waals surface area (Å²) in [6.07, 6.45) is 5.45. The van der Waals surface area contributed by atoms with Crippen LogP contribution in [0.3, 0.4) is 0 Å².